The van der Waals surface area contributed by atoms with Crippen molar-refractivity contribution in [1.29, 1.82) is 5.26 Å². The van der Waals surface area contributed by atoms with Crippen molar-refractivity contribution in [2.75, 3.05) is 26.2 Å². The second-order valence-corrected chi connectivity index (χ2v) is 15.9. The summed E-state index contributed by atoms with van der Waals surface area (Å²) < 4.78 is 97.2. The molecule has 2 aromatic heterocycles. The van der Waals surface area contributed by atoms with Gasteiger partial charge in [-0.05, 0) is 77.0 Å². The van der Waals surface area contributed by atoms with Gasteiger partial charge in [0.05, 0.1) is 35.0 Å². The first-order valence-corrected chi connectivity index (χ1v) is 19.6. The van der Waals surface area contributed by atoms with Crippen molar-refractivity contribution in [2.24, 2.45) is 11.3 Å². The third-order valence-electron chi connectivity index (χ3n) is 10.5. The summed E-state index contributed by atoms with van der Waals surface area (Å²) in [4.78, 5) is 45.0. The number of rotatable bonds is 11. The Morgan fingerprint density at radius 1 is 1.05 bits per heavy atom. The Hall–Kier alpha value is -4.92. The lowest BCUT2D eigenvalue weighted by Crippen LogP contribution is -2.55. The van der Waals surface area contributed by atoms with E-state index in [9.17, 15) is 51.1 Å². The molecule has 1 aromatic carbocycles. The zero-order chi connectivity index (χ0) is 43.1. The highest BCUT2D eigenvalue weighted by molar-refractivity contribution is 7.10. The van der Waals surface area contributed by atoms with Crippen molar-refractivity contribution in [3.8, 4) is 17.6 Å². The molecule has 0 aliphatic carbocycles. The van der Waals surface area contributed by atoms with Crippen LogP contribution in [-0.2, 0) is 27.4 Å². The molecule has 0 spiro atoms. The minimum absolute atomic E-state index is 0.0510. The first-order valence-electron chi connectivity index (χ1n) is 18.7. The van der Waals surface area contributed by atoms with Crippen LogP contribution in [0.25, 0.3) is 0 Å². The zero-order valence-electron chi connectivity index (χ0n) is 32.1. The molecule has 58 heavy (non-hydrogen) atoms. The van der Waals surface area contributed by atoms with Crippen LogP contribution in [0.15, 0.2) is 48.0 Å². The molecule has 5 rings (SSSR count). The van der Waals surface area contributed by atoms with Gasteiger partial charge in [0.1, 0.15) is 16.3 Å². The SMILES string of the molecule is CCCC1C(C(=O)N2CCC(C#N)(c3cccc(F)c3OCCCC(C)(C)C(=O)O)CC2)CCCN1C(=O)c1ncccc1C(F)(F)F.Oc1csc(C(F)(F)F)c1. The molecule has 2 aliphatic heterocycles. The lowest BCUT2D eigenvalue weighted by molar-refractivity contribution is -0.147. The Balaban J connectivity index is 0.000000648. The standard InChI is InChI=1S/C35H42F4N4O5.C5H3F3OS/c1-4-9-27-23(10-7-18-43(27)31(45)28-24(35(37,38)39)12-6-17-41-28)30(44)42-19-15-34(22-40,16-20-42)25-11-5-13-26(36)29(25)48-21-8-14-33(2,3)32(46)47;6-5(7,8)4-1-3(9)2-10-4/h5-6,11-13,17,23,27H,4,7-10,14-16,18-21H2,1-3H3,(H,46,47);1-2,9H. The zero-order valence-corrected chi connectivity index (χ0v) is 32.9. The van der Waals surface area contributed by atoms with E-state index < -0.39 is 69.0 Å². The molecular weight excluding hydrogens is 798 g/mol. The van der Waals surface area contributed by atoms with Gasteiger partial charge in [-0.15, -0.1) is 11.3 Å². The second kappa shape index (κ2) is 18.8. The van der Waals surface area contributed by atoms with Gasteiger partial charge in [-0.1, -0.05) is 25.5 Å². The summed E-state index contributed by atoms with van der Waals surface area (Å²) >= 11 is 0.481. The fourth-order valence-corrected chi connectivity index (χ4v) is 7.92. The average Bonchev–Trinajstić information content (AvgIpc) is 3.63. The molecule has 0 radical (unpaired) electrons. The summed E-state index contributed by atoms with van der Waals surface area (Å²) in [7, 11) is 0. The van der Waals surface area contributed by atoms with Crippen LogP contribution in [-0.4, -0.2) is 75.1 Å². The number of nitriles is 1. The number of hydrogen-bond donors (Lipinski definition) is 2. The average molecular weight is 843 g/mol. The van der Waals surface area contributed by atoms with Crippen molar-refractivity contribution in [3.05, 3.63) is 75.5 Å². The van der Waals surface area contributed by atoms with E-state index >= 15 is 4.39 Å². The summed E-state index contributed by atoms with van der Waals surface area (Å²) in [5.41, 5.74) is -3.57. The molecule has 2 unspecified atom stereocenters. The van der Waals surface area contributed by atoms with Gasteiger partial charge < -0.3 is 24.7 Å². The van der Waals surface area contributed by atoms with Crippen LogP contribution < -0.4 is 4.74 Å². The molecule has 2 aliphatic rings. The number of amides is 2. The number of carbonyl (C=O) groups is 3. The number of aliphatic carboxylic acids is 1. The first-order chi connectivity index (χ1) is 27.2. The molecule has 2 saturated heterocycles. The maximum atomic E-state index is 15.1. The minimum Gasteiger partial charge on any atom is -0.507 e. The highest BCUT2D eigenvalue weighted by Crippen LogP contribution is 2.43. The molecule has 18 heteroatoms. The molecule has 2 amide bonds. The normalized spacial score (nSPS) is 18.4. The van der Waals surface area contributed by atoms with Crippen molar-refractivity contribution in [2.45, 2.75) is 95.9 Å². The van der Waals surface area contributed by atoms with E-state index in [4.69, 9.17) is 9.84 Å². The number of nitrogens with zero attached hydrogens (tertiary/aromatic N) is 4. The number of halogens is 7. The van der Waals surface area contributed by atoms with Crippen LogP contribution in [0.1, 0.15) is 98.6 Å². The number of hydrogen-bond acceptors (Lipinski definition) is 8. The molecule has 4 heterocycles. The van der Waals surface area contributed by atoms with E-state index in [0.717, 1.165) is 23.7 Å². The number of piperidine rings is 2. The number of benzene rings is 1. The Kier molecular flexibility index (Phi) is 14.8. The van der Waals surface area contributed by atoms with Crippen molar-refractivity contribution < 1.29 is 60.1 Å². The van der Waals surface area contributed by atoms with E-state index in [-0.39, 0.29) is 56.5 Å². The monoisotopic (exact) mass is 842 g/mol. The minimum atomic E-state index is -4.77. The number of aromatic hydroxyl groups is 1. The quantitative estimate of drug-likeness (QED) is 0.144. The highest BCUT2D eigenvalue weighted by atomic mass is 32.1. The van der Waals surface area contributed by atoms with Crippen LogP contribution in [0.3, 0.4) is 0 Å². The molecule has 10 nitrogen and oxygen atoms in total. The maximum Gasteiger partial charge on any atom is 0.425 e. The molecule has 2 fully saturated rings. The number of ether oxygens (including phenoxy) is 1. The largest absolute Gasteiger partial charge is 0.507 e. The van der Waals surface area contributed by atoms with Gasteiger partial charge in [-0.3, -0.25) is 19.4 Å². The molecular formula is C40H45F7N4O6S. The molecule has 316 valence electrons. The molecule has 2 atom stereocenters. The fourth-order valence-electron chi connectivity index (χ4n) is 7.28. The van der Waals surface area contributed by atoms with Crippen LogP contribution in [0.5, 0.6) is 11.5 Å². The number of pyridine rings is 1. The van der Waals surface area contributed by atoms with Gasteiger partial charge in [0.15, 0.2) is 11.6 Å². The summed E-state index contributed by atoms with van der Waals surface area (Å²) in [5.74, 6) is -3.72. The third-order valence-corrected chi connectivity index (χ3v) is 11.5. The first kappa shape index (κ1) is 45.8. The number of thiophene rings is 1. The van der Waals surface area contributed by atoms with E-state index in [1.165, 1.54) is 17.0 Å². The molecule has 3 aromatic rings. The molecule has 0 bridgehead atoms. The Morgan fingerprint density at radius 3 is 2.29 bits per heavy atom. The summed E-state index contributed by atoms with van der Waals surface area (Å²) in [6.45, 7) is 5.69. The Labute approximate surface area is 335 Å². The summed E-state index contributed by atoms with van der Waals surface area (Å²) in [6.07, 6.45) is -5.00. The Bertz CT molecular complexity index is 1950. The van der Waals surface area contributed by atoms with E-state index in [2.05, 4.69) is 11.1 Å². The Morgan fingerprint density at radius 2 is 1.74 bits per heavy atom. The van der Waals surface area contributed by atoms with Gasteiger partial charge in [-0.25, -0.2) is 4.39 Å². The highest BCUT2D eigenvalue weighted by Gasteiger charge is 2.46. The summed E-state index contributed by atoms with van der Waals surface area (Å²) in [5, 5.41) is 29.3. The lowest BCUT2D eigenvalue weighted by atomic mass is 9.73. The van der Waals surface area contributed by atoms with Crippen molar-refractivity contribution >= 4 is 29.1 Å². The number of aromatic nitrogens is 1. The van der Waals surface area contributed by atoms with Crippen LogP contribution in [0.4, 0.5) is 30.7 Å². The topological polar surface area (TPSA) is 144 Å². The van der Waals surface area contributed by atoms with Crippen LogP contribution >= 0.6 is 11.3 Å². The second-order valence-electron chi connectivity index (χ2n) is 14.9. The van der Waals surface area contributed by atoms with Gasteiger partial charge in [0, 0.05) is 48.9 Å². The van der Waals surface area contributed by atoms with Crippen molar-refractivity contribution in [3.63, 3.8) is 0 Å². The van der Waals surface area contributed by atoms with Crippen LogP contribution in [0, 0.1) is 28.5 Å². The van der Waals surface area contributed by atoms with Crippen molar-refractivity contribution in [1.82, 2.24) is 14.8 Å². The van der Waals surface area contributed by atoms with Crippen LogP contribution in [0.2, 0.25) is 0 Å². The molecule has 0 saturated carbocycles. The van der Waals surface area contributed by atoms with Gasteiger partial charge >= 0.3 is 18.3 Å². The smallest absolute Gasteiger partial charge is 0.425 e. The third kappa shape index (κ3) is 10.8. The number of alkyl halides is 6. The number of likely N-dealkylation sites (tertiary alicyclic amines) is 2. The van der Waals surface area contributed by atoms with Gasteiger partial charge in [-0.2, -0.15) is 31.6 Å². The number of carboxylic acids is 1. The van der Waals surface area contributed by atoms with Gasteiger partial charge in [0.25, 0.3) is 5.91 Å². The number of para-hydroxylation sites is 1. The van der Waals surface area contributed by atoms with E-state index in [1.807, 2.05) is 6.92 Å². The van der Waals surface area contributed by atoms with E-state index in [1.54, 1.807) is 24.8 Å². The lowest BCUT2D eigenvalue weighted by Gasteiger charge is -2.44. The summed E-state index contributed by atoms with van der Waals surface area (Å²) in [6, 6.07) is 8.74. The fraction of sp³-hybridized carbons (Fsp3) is 0.525. The van der Waals surface area contributed by atoms with E-state index in [0.29, 0.717) is 61.5 Å². The maximum absolute atomic E-state index is 15.1. The predicted molar refractivity (Wildman–Crippen MR) is 198 cm³/mol. The molecule has 2 N–H and O–H groups in total. The predicted octanol–water partition coefficient (Wildman–Crippen LogP) is 9.09. The number of carboxylic acid groups (broad SMARTS) is 1. The number of carbonyl (C=O) groups excluding carboxylic acids is 2. The van der Waals surface area contributed by atoms with Gasteiger partial charge in [0.2, 0.25) is 5.91 Å².